The molecule has 3 aromatic rings. The zero-order valence-corrected chi connectivity index (χ0v) is 22.0. The summed E-state index contributed by atoms with van der Waals surface area (Å²) < 4.78 is 28.1. The first-order chi connectivity index (χ1) is 17.0. The zero-order chi connectivity index (χ0) is 25.8. The quantitative estimate of drug-likeness (QED) is 0.493. The van der Waals surface area contributed by atoms with Crippen LogP contribution in [-0.4, -0.2) is 48.0 Å². The lowest BCUT2D eigenvalue weighted by atomic mass is 10.0. The van der Waals surface area contributed by atoms with Gasteiger partial charge in [-0.15, -0.1) is 0 Å². The summed E-state index contributed by atoms with van der Waals surface area (Å²) in [6.45, 7) is 3.92. The molecule has 10 heteroatoms. The lowest BCUT2D eigenvalue weighted by Crippen LogP contribution is -2.25. The van der Waals surface area contributed by atoms with E-state index in [9.17, 15) is 13.2 Å². The smallest absolute Gasteiger partial charge is 0.232 e. The van der Waals surface area contributed by atoms with Crippen molar-refractivity contribution < 1.29 is 13.2 Å². The number of nitrogens with one attached hydrogen (secondary N) is 1. The monoisotopic (exact) mass is 506 g/mol. The molecule has 1 aromatic carbocycles. The third kappa shape index (κ3) is 4.65. The van der Waals surface area contributed by atoms with Gasteiger partial charge in [0.15, 0.2) is 0 Å². The molecule has 3 heterocycles. The Morgan fingerprint density at radius 1 is 1.19 bits per heavy atom. The number of aryl methyl sites for hydroxylation is 1. The van der Waals surface area contributed by atoms with E-state index in [2.05, 4.69) is 15.4 Å². The maximum absolute atomic E-state index is 12.5. The summed E-state index contributed by atoms with van der Waals surface area (Å²) in [7, 11) is -0.126. The Balaban J connectivity index is 1.58. The second-order valence-electron chi connectivity index (χ2n) is 9.75. The van der Waals surface area contributed by atoms with Crippen LogP contribution >= 0.6 is 0 Å². The first-order valence-electron chi connectivity index (χ1n) is 11.9. The number of aromatic nitrogens is 3. The zero-order valence-electron chi connectivity index (χ0n) is 21.2. The highest BCUT2D eigenvalue weighted by Crippen LogP contribution is 2.40. The lowest BCUT2D eigenvalue weighted by Gasteiger charge is -2.23. The van der Waals surface area contributed by atoms with Crippen LogP contribution in [0, 0.1) is 12.8 Å². The Morgan fingerprint density at radius 2 is 1.94 bits per heavy atom. The van der Waals surface area contributed by atoms with Crippen molar-refractivity contribution in [2.24, 2.45) is 18.0 Å². The Hall–Kier alpha value is -3.53. The van der Waals surface area contributed by atoms with Gasteiger partial charge < -0.3 is 5.32 Å². The van der Waals surface area contributed by atoms with Gasteiger partial charge in [-0.25, -0.2) is 8.42 Å². The van der Waals surface area contributed by atoms with Crippen molar-refractivity contribution in [3.05, 3.63) is 47.5 Å². The van der Waals surface area contributed by atoms with Crippen LogP contribution in [0.3, 0.4) is 0 Å². The van der Waals surface area contributed by atoms with Crippen LogP contribution in [0.2, 0.25) is 0 Å². The second kappa shape index (κ2) is 8.85. The number of pyridine rings is 1. The van der Waals surface area contributed by atoms with Crippen LogP contribution in [0.25, 0.3) is 11.1 Å². The van der Waals surface area contributed by atoms with E-state index in [1.54, 1.807) is 10.9 Å². The topological polar surface area (TPSA) is 110 Å². The van der Waals surface area contributed by atoms with Crippen LogP contribution in [-0.2, 0) is 34.7 Å². The van der Waals surface area contributed by atoms with E-state index >= 15 is 0 Å². The van der Waals surface area contributed by atoms with E-state index in [0.717, 1.165) is 46.8 Å². The molecular formula is C26H30N6O3S. The number of ketones is 1. The van der Waals surface area contributed by atoms with Crippen molar-refractivity contribution in [3.63, 3.8) is 0 Å². The number of sulfonamides is 1. The number of rotatable bonds is 8. The van der Waals surface area contributed by atoms with Crippen LogP contribution < -0.4 is 9.62 Å². The van der Waals surface area contributed by atoms with Gasteiger partial charge in [0.2, 0.25) is 10.0 Å². The summed E-state index contributed by atoms with van der Waals surface area (Å²) in [6.07, 6.45) is 5.80. The molecule has 0 unspecified atom stereocenters. The molecule has 1 N–H and O–H groups in total. The summed E-state index contributed by atoms with van der Waals surface area (Å²) in [4.78, 5) is 21.9. The summed E-state index contributed by atoms with van der Waals surface area (Å²) in [5, 5.41) is 7.74. The molecule has 1 saturated carbocycles. The van der Waals surface area contributed by atoms with Gasteiger partial charge in [0, 0.05) is 49.8 Å². The molecular weight excluding hydrogens is 476 g/mol. The summed E-state index contributed by atoms with van der Waals surface area (Å²) in [6, 6.07) is 7.52. The number of benzene rings is 1. The summed E-state index contributed by atoms with van der Waals surface area (Å²) >= 11 is 0. The van der Waals surface area contributed by atoms with Gasteiger partial charge in [-0.3, -0.25) is 23.8 Å². The number of anilines is 3. The molecule has 188 valence electrons. The second-order valence-corrected chi connectivity index (χ2v) is 11.8. The molecule has 0 radical (unpaired) electrons. The Labute approximate surface area is 211 Å². The van der Waals surface area contributed by atoms with Gasteiger partial charge >= 0.3 is 0 Å². The third-order valence-corrected chi connectivity index (χ3v) is 8.07. The van der Waals surface area contributed by atoms with Crippen molar-refractivity contribution in [1.82, 2.24) is 14.8 Å². The number of carbonyl (C=O) groups excluding carboxylic acids is 1. The maximum atomic E-state index is 12.5. The van der Waals surface area contributed by atoms with Crippen molar-refractivity contribution >= 4 is 44.3 Å². The molecule has 1 aliphatic carbocycles. The van der Waals surface area contributed by atoms with E-state index < -0.39 is 10.0 Å². The Kier molecular flexibility index (Phi) is 5.94. The maximum Gasteiger partial charge on any atom is 0.232 e. The molecule has 1 aliphatic heterocycles. The minimum atomic E-state index is -3.53. The summed E-state index contributed by atoms with van der Waals surface area (Å²) in [5.41, 5.74) is 7.81. The fraction of sp³-hybridized carbons (Fsp3) is 0.385. The molecule has 1 fully saturated rings. The fourth-order valence-electron chi connectivity index (χ4n) is 4.45. The SMILES string of the molecule is CC1=Nc2c(Nc3ccc(-c4cnn(C)c4C)cc3N(C)S(C)(=O)=O)cc(CC(=O)C3CC3)nc2C1. The van der Waals surface area contributed by atoms with Crippen molar-refractivity contribution in [2.75, 3.05) is 22.9 Å². The number of hydrogen-bond acceptors (Lipinski definition) is 7. The molecule has 9 nitrogen and oxygen atoms in total. The number of Topliss-reactive ketones (excluding diaryl/α,β-unsaturated/α-hetero) is 1. The molecule has 0 saturated heterocycles. The highest BCUT2D eigenvalue weighted by molar-refractivity contribution is 7.92. The molecule has 5 rings (SSSR count). The highest BCUT2D eigenvalue weighted by Gasteiger charge is 2.30. The molecule has 2 aromatic heterocycles. The Morgan fingerprint density at radius 3 is 2.58 bits per heavy atom. The predicted molar refractivity (Wildman–Crippen MR) is 142 cm³/mol. The van der Waals surface area contributed by atoms with Crippen molar-refractivity contribution in [2.45, 2.75) is 39.5 Å². The van der Waals surface area contributed by atoms with Crippen LogP contribution in [0.4, 0.5) is 22.7 Å². The van der Waals surface area contributed by atoms with Crippen LogP contribution in [0.5, 0.6) is 0 Å². The first-order valence-corrected chi connectivity index (χ1v) is 13.8. The number of carbonyl (C=O) groups is 1. The van der Waals surface area contributed by atoms with E-state index in [0.29, 0.717) is 35.6 Å². The number of hydrogen-bond donors (Lipinski definition) is 1. The number of nitrogens with zero attached hydrogens (tertiary/aromatic N) is 5. The minimum Gasteiger partial charge on any atom is -0.352 e. The molecule has 2 aliphatic rings. The van der Waals surface area contributed by atoms with Gasteiger partial charge in [0.25, 0.3) is 0 Å². The minimum absolute atomic E-state index is 0.160. The lowest BCUT2D eigenvalue weighted by molar-refractivity contribution is -0.119. The van der Waals surface area contributed by atoms with Crippen LogP contribution in [0.1, 0.15) is 36.8 Å². The van der Waals surface area contributed by atoms with Gasteiger partial charge in [-0.1, -0.05) is 6.07 Å². The van der Waals surface area contributed by atoms with E-state index in [-0.39, 0.29) is 11.7 Å². The average Bonchev–Trinajstić information content (AvgIpc) is 3.52. The molecule has 0 atom stereocenters. The highest BCUT2D eigenvalue weighted by atomic mass is 32.2. The Bertz CT molecular complexity index is 1520. The largest absolute Gasteiger partial charge is 0.352 e. The predicted octanol–water partition coefficient (Wildman–Crippen LogP) is 4.10. The number of fused-ring (bicyclic) bond motifs is 1. The normalized spacial score (nSPS) is 15.0. The van der Waals surface area contributed by atoms with E-state index in [1.165, 1.54) is 17.6 Å². The molecule has 0 bridgehead atoms. The van der Waals surface area contributed by atoms with Crippen LogP contribution in [0.15, 0.2) is 35.5 Å². The van der Waals surface area contributed by atoms with Gasteiger partial charge in [0.1, 0.15) is 11.5 Å². The average molecular weight is 507 g/mol. The molecule has 0 spiro atoms. The molecule has 0 amide bonds. The fourth-order valence-corrected chi connectivity index (χ4v) is 4.96. The van der Waals surface area contributed by atoms with Gasteiger partial charge in [0.05, 0.1) is 40.9 Å². The standard InChI is InChI=1S/C26H30N6O3S/c1-15-10-22-26(28-15)23(12-19(29-22)13-25(33)17-6-7-17)30-21-9-8-18(20-14-27-31(3)16(20)2)11-24(21)32(4)36(5,34)35/h8-9,11-12,14,17H,6-7,10,13H2,1-5H3,(H,29,30). The van der Waals surface area contributed by atoms with Gasteiger partial charge in [-0.2, -0.15) is 5.10 Å². The first kappa shape index (κ1) is 24.2. The third-order valence-electron chi connectivity index (χ3n) is 6.88. The van der Waals surface area contributed by atoms with Crippen molar-refractivity contribution in [3.8, 4) is 11.1 Å². The van der Waals surface area contributed by atoms with Crippen molar-refractivity contribution in [1.29, 1.82) is 0 Å². The van der Waals surface area contributed by atoms with E-state index in [4.69, 9.17) is 4.98 Å². The van der Waals surface area contributed by atoms with E-state index in [1.807, 2.05) is 45.2 Å². The number of aliphatic imine (C=N–C) groups is 1. The summed E-state index contributed by atoms with van der Waals surface area (Å²) in [5.74, 6) is 0.380. The van der Waals surface area contributed by atoms with Gasteiger partial charge in [-0.05, 0) is 50.5 Å². The molecule has 36 heavy (non-hydrogen) atoms.